The molecule has 0 unspecified atom stereocenters. The van der Waals surface area contributed by atoms with Crippen LogP contribution in [-0.2, 0) is 6.54 Å². The Labute approximate surface area is 172 Å². The summed E-state index contributed by atoms with van der Waals surface area (Å²) in [4.78, 5) is 17.9. The Morgan fingerprint density at radius 1 is 0.897 bits per heavy atom. The Bertz CT molecular complexity index is 1430. The van der Waals surface area contributed by atoms with Gasteiger partial charge in [-0.25, -0.2) is 9.38 Å². The zero-order valence-electron chi connectivity index (χ0n) is 15.8. The molecule has 0 bridgehead atoms. The van der Waals surface area contributed by atoms with Crippen molar-refractivity contribution in [3.05, 3.63) is 105 Å². The molecule has 29 heavy (non-hydrogen) atoms. The molecule has 0 saturated carbocycles. The molecule has 3 aromatic carbocycles. The molecule has 0 amide bonds. The zero-order valence-corrected chi connectivity index (χ0v) is 16.6. The van der Waals surface area contributed by atoms with Gasteiger partial charge in [-0.3, -0.25) is 4.79 Å². The number of aryl methyl sites for hydroxylation is 1. The number of imidazole rings is 1. The molecule has 0 radical (unpaired) electrons. The molecule has 0 atom stereocenters. The maximum atomic E-state index is 13.1. The first-order chi connectivity index (χ1) is 14.1. The van der Waals surface area contributed by atoms with E-state index < -0.39 is 0 Å². The van der Waals surface area contributed by atoms with Gasteiger partial charge in [0.1, 0.15) is 0 Å². The molecule has 0 fully saturated rings. The number of benzene rings is 3. The van der Waals surface area contributed by atoms with Gasteiger partial charge in [0, 0.05) is 16.7 Å². The average Bonchev–Trinajstić information content (AvgIpc) is 3.02. The summed E-state index contributed by atoms with van der Waals surface area (Å²) in [7, 11) is 0. The highest BCUT2D eigenvalue weighted by Gasteiger charge is 2.15. The predicted octanol–water partition coefficient (Wildman–Crippen LogP) is 5.33. The molecule has 5 rings (SSSR count). The van der Waals surface area contributed by atoms with E-state index in [0.717, 1.165) is 22.2 Å². The van der Waals surface area contributed by atoms with E-state index in [4.69, 9.17) is 16.6 Å². The quantitative estimate of drug-likeness (QED) is 0.411. The van der Waals surface area contributed by atoms with Crippen molar-refractivity contribution >= 4 is 28.4 Å². The molecule has 2 heterocycles. The van der Waals surface area contributed by atoms with Gasteiger partial charge in [-0.15, -0.1) is 0 Å². The Balaban J connectivity index is 1.80. The second-order valence-electron chi connectivity index (χ2n) is 7.19. The van der Waals surface area contributed by atoms with Crippen LogP contribution in [0.15, 0.2) is 83.7 Å². The van der Waals surface area contributed by atoms with Gasteiger partial charge in [-0.05, 0) is 36.8 Å². The summed E-state index contributed by atoms with van der Waals surface area (Å²) in [6, 6.07) is 25.3. The Kier molecular flexibility index (Phi) is 4.22. The van der Waals surface area contributed by atoms with Crippen molar-refractivity contribution in [1.82, 2.24) is 14.0 Å². The summed E-state index contributed by atoms with van der Waals surface area (Å²) in [5.74, 6) is 0.621. The van der Waals surface area contributed by atoms with Crippen molar-refractivity contribution in [2.45, 2.75) is 13.5 Å². The summed E-state index contributed by atoms with van der Waals surface area (Å²) in [5.41, 5.74) is 5.52. The van der Waals surface area contributed by atoms with Gasteiger partial charge in [-0.1, -0.05) is 65.7 Å². The van der Waals surface area contributed by atoms with Crippen LogP contribution in [-0.4, -0.2) is 14.0 Å². The highest BCUT2D eigenvalue weighted by atomic mass is 35.5. The minimum Gasteiger partial charge on any atom is -0.305 e. The highest BCUT2D eigenvalue weighted by molar-refractivity contribution is 6.30. The van der Waals surface area contributed by atoms with E-state index in [1.165, 1.54) is 5.56 Å². The van der Waals surface area contributed by atoms with Crippen molar-refractivity contribution in [2.75, 3.05) is 0 Å². The van der Waals surface area contributed by atoms with E-state index in [1.807, 2.05) is 48.5 Å². The number of rotatable bonds is 3. The predicted molar refractivity (Wildman–Crippen MR) is 118 cm³/mol. The third-order valence-electron chi connectivity index (χ3n) is 5.10. The lowest BCUT2D eigenvalue weighted by molar-refractivity contribution is 0.833. The number of halogens is 1. The van der Waals surface area contributed by atoms with Gasteiger partial charge in [0.15, 0.2) is 0 Å². The summed E-state index contributed by atoms with van der Waals surface area (Å²) >= 11 is 6.15. The third kappa shape index (κ3) is 3.12. The Morgan fingerprint density at radius 3 is 2.48 bits per heavy atom. The van der Waals surface area contributed by atoms with Crippen LogP contribution in [0, 0.1) is 6.92 Å². The lowest BCUT2D eigenvalue weighted by Gasteiger charge is -2.08. The monoisotopic (exact) mass is 399 g/mol. The van der Waals surface area contributed by atoms with E-state index in [-0.39, 0.29) is 5.56 Å². The second kappa shape index (κ2) is 6.90. The van der Waals surface area contributed by atoms with Crippen LogP contribution in [0.2, 0.25) is 5.02 Å². The van der Waals surface area contributed by atoms with Gasteiger partial charge in [0.2, 0.25) is 5.78 Å². The fourth-order valence-corrected chi connectivity index (χ4v) is 4.00. The lowest BCUT2D eigenvalue weighted by atomic mass is 10.1. The maximum absolute atomic E-state index is 13.1. The minimum absolute atomic E-state index is 0.107. The van der Waals surface area contributed by atoms with Crippen molar-refractivity contribution < 1.29 is 0 Å². The van der Waals surface area contributed by atoms with E-state index in [2.05, 4.69) is 35.8 Å². The van der Waals surface area contributed by atoms with E-state index >= 15 is 0 Å². The van der Waals surface area contributed by atoms with Gasteiger partial charge >= 0.3 is 0 Å². The van der Waals surface area contributed by atoms with Crippen LogP contribution in [0.5, 0.6) is 0 Å². The summed E-state index contributed by atoms with van der Waals surface area (Å²) in [6.45, 7) is 2.71. The Hall–Kier alpha value is -3.37. The van der Waals surface area contributed by atoms with Gasteiger partial charge in [0.25, 0.3) is 5.56 Å². The third-order valence-corrected chi connectivity index (χ3v) is 5.33. The van der Waals surface area contributed by atoms with Gasteiger partial charge in [0.05, 0.1) is 23.3 Å². The number of aromatic nitrogens is 3. The SMILES string of the molecule is Cc1cccc(Cn2c3ccccc3n3c(=O)cc(-c4cccc(Cl)c4)nc23)c1. The van der Waals surface area contributed by atoms with E-state index in [0.29, 0.717) is 23.0 Å². The molecular weight excluding hydrogens is 382 g/mol. The molecule has 0 aliphatic rings. The van der Waals surface area contributed by atoms with Crippen molar-refractivity contribution in [2.24, 2.45) is 0 Å². The average molecular weight is 400 g/mol. The molecule has 5 heteroatoms. The molecule has 0 spiro atoms. The number of nitrogens with zero attached hydrogens (tertiary/aromatic N) is 3. The largest absolute Gasteiger partial charge is 0.305 e. The van der Waals surface area contributed by atoms with Crippen molar-refractivity contribution in [1.29, 1.82) is 0 Å². The molecule has 4 nitrogen and oxygen atoms in total. The molecule has 0 aliphatic carbocycles. The molecule has 5 aromatic rings. The van der Waals surface area contributed by atoms with Crippen LogP contribution >= 0.6 is 11.6 Å². The Morgan fingerprint density at radius 2 is 1.69 bits per heavy atom. The molecular formula is C24H18ClN3O. The van der Waals surface area contributed by atoms with Crippen LogP contribution in [0.3, 0.4) is 0 Å². The van der Waals surface area contributed by atoms with E-state index in [9.17, 15) is 4.79 Å². The molecule has 0 N–H and O–H groups in total. The van der Waals surface area contributed by atoms with Crippen LogP contribution in [0.1, 0.15) is 11.1 Å². The van der Waals surface area contributed by atoms with Crippen LogP contribution in [0.4, 0.5) is 0 Å². The fourth-order valence-electron chi connectivity index (χ4n) is 3.81. The number of para-hydroxylation sites is 2. The molecule has 142 valence electrons. The number of hydrogen-bond acceptors (Lipinski definition) is 2. The minimum atomic E-state index is -0.107. The van der Waals surface area contributed by atoms with Crippen molar-refractivity contribution in [3.8, 4) is 11.3 Å². The molecule has 0 saturated heterocycles. The molecule has 0 aliphatic heterocycles. The standard InChI is InChI=1S/C24H18ClN3O/c1-16-6-4-7-17(12-16)15-27-21-10-2-3-11-22(21)28-23(29)14-20(26-24(27)28)18-8-5-9-19(25)13-18/h2-14H,15H2,1H3. The highest BCUT2D eigenvalue weighted by Crippen LogP contribution is 2.24. The summed E-state index contributed by atoms with van der Waals surface area (Å²) < 4.78 is 3.78. The van der Waals surface area contributed by atoms with E-state index in [1.54, 1.807) is 10.5 Å². The first-order valence-electron chi connectivity index (χ1n) is 9.43. The maximum Gasteiger partial charge on any atom is 0.260 e. The second-order valence-corrected chi connectivity index (χ2v) is 7.63. The van der Waals surface area contributed by atoms with Crippen LogP contribution in [0.25, 0.3) is 28.1 Å². The topological polar surface area (TPSA) is 39.3 Å². The van der Waals surface area contributed by atoms with Gasteiger partial charge in [-0.2, -0.15) is 0 Å². The normalized spacial score (nSPS) is 11.4. The summed E-state index contributed by atoms with van der Waals surface area (Å²) in [6.07, 6.45) is 0. The number of fused-ring (bicyclic) bond motifs is 3. The summed E-state index contributed by atoms with van der Waals surface area (Å²) in [5, 5.41) is 0.616. The van der Waals surface area contributed by atoms with Gasteiger partial charge < -0.3 is 4.57 Å². The fraction of sp³-hybridized carbons (Fsp3) is 0.0833. The lowest BCUT2D eigenvalue weighted by Crippen LogP contribution is -2.14. The number of hydrogen-bond donors (Lipinski definition) is 0. The smallest absolute Gasteiger partial charge is 0.260 e. The molecule has 2 aromatic heterocycles. The first kappa shape index (κ1) is 17.7. The van der Waals surface area contributed by atoms with Crippen LogP contribution < -0.4 is 5.56 Å². The van der Waals surface area contributed by atoms with Crippen molar-refractivity contribution in [3.63, 3.8) is 0 Å². The zero-order chi connectivity index (χ0) is 20.0. The first-order valence-corrected chi connectivity index (χ1v) is 9.80.